The first-order valence-electron chi connectivity index (χ1n) is 8.69. The molecule has 2 N–H and O–H groups in total. The summed E-state index contributed by atoms with van der Waals surface area (Å²) in [6.45, 7) is 1.08. The number of aromatic amines is 2. The first-order chi connectivity index (χ1) is 15.3. The van der Waals surface area contributed by atoms with Gasteiger partial charge >= 0.3 is 103 Å². The summed E-state index contributed by atoms with van der Waals surface area (Å²) in [5.74, 6) is -3.70. The van der Waals surface area contributed by atoms with Gasteiger partial charge in [0, 0.05) is 93.9 Å². The second-order valence-electron chi connectivity index (χ2n) is 5.90. The van der Waals surface area contributed by atoms with E-state index in [-0.39, 0.29) is 166 Å². The Morgan fingerprint density at radius 2 is 1.29 bits per heavy atom. The number of rotatable bonds is 5. The molecule has 4 heterocycles. The molecule has 165 valence electrons. The van der Waals surface area contributed by atoms with Gasteiger partial charge in [0.2, 0.25) is 11.6 Å². The molecule has 0 amide bonds. The van der Waals surface area contributed by atoms with Crippen LogP contribution < -0.4 is 113 Å². The Morgan fingerprint density at radius 3 is 1.63 bits per heavy atom. The van der Waals surface area contributed by atoms with Crippen LogP contribution in [0.4, 0.5) is 0 Å². The van der Waals surface area contributed by atoms with E-state index >= 15 is 0 Å². The summed E-state index contributed by atoms with van der Waals surface area (Å²) in [5, 5.41) is 20.0. The Balaban J connectivity index is 0. The number of ketones is 3. The van der Waals surface area contributed by atoms with Gasteiger partial charge in [-0.15, -0.1) is 0 Å². The maximum Gasteiger partial charge on any atom is 1.00 e. The Kier molecular flexibility index (Phi) is 20.6. The van der Waals surface area contributed by atoms with E-state index in [1.54, 1.807) is 36.7 Å². The van der Waals surface area contributed by atoms with Gasteiger partial charge in [-0.2, -0.15) is 0 Å². The largest absolute Gasteiger partial charge is 1.00 e. The average molecular weight is 556 g/mol. The van der Waals surface area contributed by atoms with Gasteiger partial charge in [0.15, 0.2) is 5.78 Å². The van der Waals surface area contributed by atoms with Crippen molar-refractivity contribution in [1.82, 2.24) is 19.9 Å². The van der Waals surface area contributed by atoms with E-state index < -0.39 is 23.3 Å². The fourth-order valence-electron chi connectivity index (χ4n) is 2.59. The quantitative estimate of drug-likeness (QED) is 0.0596. The van der Waals surface area contributed by atoms with Crippen LogP contribution in [0.2, 0.25) is 0 Å². The minimum absolute atomic E-state index is 0. The molecule has 0 aromatic carbocycles. The average Bonchev–Trinajstić information content (AvgIpc) is 3.43. The molecule has 0 bridgehead atoms. The first kappa shape index (κ1) is 37.4. The van der Waals surface area contributed by atoms with Crippen LogP contribution >= 0.6 is 0 Å². The van der Waals surface area contributed by atoms with Gasteiger partial charge in [0.1, 0.15) is 17.3 Å². The van der Waals surface area contributed by atoms with E-state index in [2.05, 4.69) is 24.8 Å². The van der Waals surface area contributed by atoms with Crippen molar-refractivity contribution in [3.63, 3.8) is 0 Å². The minimum atomic E-state index is -1.71. The number of fused-ring (bicyclic) bond motifs is 2. The zero-order valence-corrected chi connectivity index (χ0v) is 28.7. The standard InChI is InChI=1S/C10H8N2O2.C9H6N2O3.CH2O3.3K/c1-6(13)9(14)8-5-12-10-7(8)3-2-4-11-10;12-7(9(13)14)6-4-11-8-5(6)2-1-3-10-8;2-1-4-3;;;/h2-5H,1H3,(H,11,12);1-4H,(H,10,11)(H,13,14);1,3H;;;/q;;;;2*+1/p-2. The minimum Gasteiger partial charge on any atom is -0.662 e. The van der Waals surface area contributed by atoms with Crippen LogP contribution in [0, 0.1) is 0 Å². The molecule has 0 unspecified atom stereocenters. The van der Waals surface area contributed by atoms with E-state index in [1.165, 1.54) is 19.3 Å². The number of H-pyrrole nitrogens is 2. The zero-order valence-electron chi connectivity index (χ0n) is 19.4. The number of Topliss-reactive ketones (excluding diaryl/α,β-unsaturated/α-hetero) is 3. The third-order valence-corrected chi connectivity index (χ3v) is 3.94. The Hall–Kier alpha value is 0.199. The number of hydrogen-bond donors (Lipinski definition) is 2. The summed E-state index contributed by atoms with van der Waals surface area (Å²) >= 11 is 0. The van der Waals surface area contributed by atoms with Crippen molar-refractivity contribution in [3.8, 4) is 0 Å². The number of nitrogens with one attached hydrogen (secondary N) is 2. The van der Waals surface area contributed by atoms with Crippen molar-refractivity contribution in [3.05, 3.63) is 60.2 Å². The van der Waals surface area contributed by atoms with Crippen LogP contribution in [-0.4, -0.2) is 101 Å². The number of carboxylic acid groups (broad SMARTS) is 1. The predicted octanol–water partition coefficient (Wildman–Crippen LogP) is -7.11. The van der Waals surface area contributed by atoms with Crippen LogP contribution in [-0.2, 0) is 19.3 Å². The molecule has 0 fully saturated rings. The second kappa shape index (κ2) is 19.3. The number of aliphatic carboxylic acids is 1. The molecule has 0 saturated heterocycles. The molecule has 0 aliphatic rings. The van der Waals surface area contributed by atoms with Crippen molar-refractivity contribution < 1.29 is 142 Å². The van der Waals surface area contributed by atoms with Crippen molar-refractivity contribution in [2.24, 2.45) is 0 Å². The van der Waals surface area contributed by atoms with E-state index in [1.807, 2.05) is 0 Å². The smallest absolute Gasteiger partial charge is 0.662 e. The van der Waals surface area contributed by atoms with Crippen molar-refractivity contribution in [2.75, 3.05) is 0 Å². The molecular weight excluding hydrogens is 542 g/mol. The van der Waals surface area contributed by atoms with Crippen molar-refractivity contribution in [2.45, 2.75) is 6.92 Å². The summed E-state index contributed by atoms with van der Waals surface area (Å²) in [4.78, 5) is 68.5. The molecule has 12 nitrogen and oxygen atoms in total. The number of carbonyl (C=O) groups excluding carboxylic acids is 5. The molecule has 4 aromatic rings. The summed E-state index contributed by atoms with van der Waals surface area (Å²) in [6, 6.07) is 6.74. The van der Waals surface area contributed by atoms with Gasteiger partial charge in [-0.25, -0.2) is 9.97 Å². The molecule has 0 spiro atoms. The number of carboxylic acids is 1. The molecule has 15 heteroatoms. The predicted molar refractivity (Wildman–Crippen MR) is 109 cm³/mol. The van der Waals surface area contributed by atoms with Gasteiger partial charge in [0.05, 0.1) is 11.1 Å². The number of nitrogens with zero attached hydrogens (tertiary/aromatic N) is 2. The Morgan fingerprint density at radius 1 is 0.886 bits per heavy atom. The summed E-state index contributed by atoms with van der Waals surface area (Å²) in [7, 11) is 0. The van der Waals surface area contributed by atoms with Crippen LogP contribution in [0.25, 0.3) is 22.1 Å². The SMILES string of the molecule is CC(=O)C(=O)c1c[nH]c2ncccc12.O=C([O-])C(=O)c1c[nH]c2ncccc12.O=CO[O-].[K+].[K+].[K]. The summed E-state index contributed by atoms with van der Waals surface area (Å²) in [5.41, 5.74) is 1.57. The molecule has 4 rings (SSSR count). The van der Waals surface area contributed by atoms with Crippen molar-refractivity contribution >= 4 is 103 Å². The number of hydrogen-bond acceptors (Lipinski definition) is 10. The number of aromatic nitrogens is 4. The normalized spacial score (nSPS) is 8.86. The molecule has 4 aromatic heterocycles. The molecular formula is C20H14K3N4O8. The van der Waals surface area contributed by atoms with Crippen LogP contribution in [0.1, 0.15) is 27.6 Å². The molecule has 0 aliphatic heterocycles. The molecule has 1 radical (unpaired) electrons. The number of pyridine rings is 2. The molecule has 0 aliphatic carbocycles. The van der Waals surface area contributed by atoms with Gasteiger partial charge in [0.25, 0.3) is 6.47 Å². The zero-order chi connectivity index (χ0) is 23.7. The Labute approximate surface area is 325 Å². The van der Waals surface area contributed by atoms with Crippen LogP contribution in [0.3, 0.4) is 0 Å². The van der Waals surface area contributed by atoms with E-state index in [0.717, 1.165) is 0 Å². The molecule has 35 heavy (non-hydrogen) atoms. The van der Waals surface area contributed by atoms with E-state index in [4.69, 9.17) is 10.1 Å². The van der Waals surface area contributed by atoms with Gasteiger partial charge in [-0.3, -0.25) is 19.2 Å². The van der Waals surface area contributed by atoms with Gasteiger partial charge < -0.3 is 30.0 Å². The topological polar surface area (TPSA) is 198 Å². The second-order valence-corrected chi connectivity index (χ2v) is 5.90. The summed E-state index contributed by atoms with van der Waals surface area (Å²) in [6.07, 6.45) is 6.00. The van der Waals surface area contributed by atoms with Gasteiger partial charge in [-0.05, 0) is 24.3 Å². The fraction of sp³-hybridized carbons (Fsp3) is 0.0500. The molecule has 0 atom stereocenters. The third-order valence-electron chi connectivity index (χ3n) is 3.94. The summed E-state index contributed by atoms with van der Waals surface area (Å²) < 4.78 is 0. The number of carbonyl (C=O) groups is 5. The maximum atomic E-state index is 11.4. The molecule has 0 saturated carbocycles. The maximum absolute atomic E-state index is 11.4. The monoisotopic (exact) mass is 555 g/mol. The Bertz CT molecular complexity index is 1210. The van der Waals surface area contributed by atoms with Crippen molar-refractivity contribution in [1.29, 1.82) is 0 Å². The van der Waals surface area contributed by atoms with E-state index in [9.17, 15) is 24.3 Å². The first-order valence-corrected chi connectivity index (χ1v) is 8.69. The third kappa shape index (κ3) is 10.8. The van der Waals surface area contributed by atoms with Crippen LogP contribution in [0.5, 0.6) is 0 Å². The van der Waals surface area contributed by atoms with Crippen LogP contribution in [0.15, 0.2) is 49.1 Å². The fourth-order valence-corrected chi connectivity index (χ4v) is 2.59. The van der Waals surface area contributed by atoms with Gasteiger partial charge in [-0.1, -0.05) is 0 Å². The van der Waals surface area contributed by atoms with E-state index in [0.29, 0.717) is 27.6 Å².